The Bertz CT molecular complexity index is 1470. The molecule has 0 bridgehead atoms. The maximum Gasteiger partial charge on any atom is 0.410 e. The first-order valence-electron chi connectivity index (χ1n) is 12.0. The van der Waals surface area contributed by atoms with E-state index in [1.807, 2.05) is 38.5 Å². The van der Waals surface area contributed by atoms with Crippen LogP contribution in [0.4, 0.5) is 15.0 Å². The van der Waals surface area contributed by atoms with Gasteiger partial charge in [-0.1, -0.05) is 29.8 Å². The van der Waals surface area contributed by atoms with E-state index in [2.05, 4.69) is 25.1 Å². The number of fused-ring (bicyclic) bond motifs is 1. The molecule has 0 saturated carbocycles. The Morgan fingerprint density at radius 1 is 1.16 bits per heavy atom. The molecule has 4 aromatic rings. The van der Waals surface area contributed by atoms with Crippen molar-refractivity contribution in [3.05, 3.63) is 60.0 Å². The number of halogens is 2. The van der Waals surface area contributed by atoms with Crippen molar-refractivity contribution in [3.8, 4) is 16.8 Å². The SMILES string of the molecule is C[C@H]1CN(C(=O)OC(C)(C)C)CCN1c1ncnc2c1c(-c1ccccc1F)cn2-c1cnnc(Cl)c1. The van der Waals surface area contributed by atoms with Gasteiger partial charge in [0, 0.05) is 49.1 Å². The zero-order valence-electron chi connectivity index (χ0n) is 21.0. The van der Waals surface area contributed by atoms with Crippen LogP contribution in [0.5, 0.6) is 0 Å². The number of hydrogen-bond donors (Lipinski definition) is 0. The third-order valence-corrected chi connectivity index (χ3v) is 6.35. The van der Waals surface area contributed by atoms with Crippen LogP contribution in [0, 0.1) is 5.82 Å². The van der Waals surface area contributed by atoms with Gasteiger partial charge in [-0.25, -0.2) is 19.2 Å². The number of amides is 1. The Morgan fingerprint density at radius 2 is 1.95 bits per heavy atom. The van der Waals surface area contributed by atoms with Gasteiger partial charge >= 0.3 is 6.09 Å². The van der Waals surface area contributed by atoms with Crippen molar-refractivity contribution in [1.29, 1.82) is 0 Å². The van der Waals surface area contributed by atoms with E-state index in [1.54, 1.807) is 35.4 Å². The van der Waals surface area contributed by atoms with Gasteiger partial charge < -0.3 is 14.5 Å². The van der Waals surface area contributed by atoms with Crippen molar-refractivity contribution in [1.82, 2.24) is 29.6 Å². The second-order valence-corrected chi connectivity index (χ2v) is 10.4. The Kier molecular flexibility index (Phi) is 6.45. The van der Waals surface area contributed by atoms with Crippen molar-refractivity contribution in [2.75, 3.05) is 24.5 Å². The van der Waals surface area contributed by atoms with Crippen LogP contribution in [0.25, 0.3) is 27.8 Å². The lowest BCUT2D eigenvalue weighted by molar-refractivity contribution is 0.0218. The summed E-state index contributed by atoms with van der Waals surface area (Å²) in [4.78, 5) is 25.7. The third kappa shape index (κ3) is 4.93. The first-order valence-corrected chi connectivity index (χ1v) is 12.3. The minimum atomic E-state index is -0.571. The number of rotatable bonds is 3. The maximum atomic E-state index is 15.0. The van der Waals surface area contributed by atoms with E-state index in [9.17, 15) is 4.79 Å². The zero-order valence-corrected chi connectivity index (χ0v) is 21.8. The molecule has 9 nitrogen and oxygen atoms in total. The van der Waals surface area contributed by atoms with Crippen molar-refractivity contribution in [3.63, 3.8) is 0 Å². The van der Waals surface area contributed by atoms with Gasteiger partial charge in [0.1, 0.15) is 23.6 Å². The molecule has 37 heavy (non-hydrogen) atoms. The molecule has 0 radical (unpaired) electrons. The van der Waals surface area contributed by atoms with Crippen LogP contribution in [0.3, 0.4) is 0 Å². The fraction of sp³-hybridized carbons (Fsp3) is 0.346. The highest BCUT2D eigenvalue weighted by atomic mass is 35.5. The summed E-state index contributed by atoms with van der Waals surface area (Å²) in [5, 5.41) is 8.71. The molecule has 4 heterocycles. The molecule has 192 valence electrons. The Hall–Kier alpha value is -3.79. The number of piperazine rings is 1. The zero-order chi connectivity index (χ0) is 26.3. The van der Waals surface area contributed by atoms with Gasteiger partial charge in [0.25, 0.3) is 0 Å². The fourth-order valence-corrected chi connectivity index (χ4v) is 4.73. The monoisotopic (exact) mass is 523 g/mol. The number of hydrogen-bond acceptors (Lipinski definition) is 7. The molecular weight excluding hydrogens is 497 g/mol. The van der Waals surface area contributed by atoms with Gasteiger partial charge in [0.15, 0.2) is 10.8 Å². The van der Waals surface area contributed by atoms with Crippen LogP contribution >= 0.6 is 11.6 Å². The summed E-state index contributed by atoms with van der Waals surface area (Å²) in [6.07, 6.45) is 4.53. The van der Waals surface area contributed by atoms with E-state index in [-0.39, 0.29) is 23.1 Å². The standard InChI is InChI=1S/C26H27ClFN7O2/c1-16-13-33(25(36)37-26(2,3)4)9-10-34(16)23-22-19(18-7-5-6-8-20(18)28)14-35(24(22)30-15-29-23)17-11-21(27)32-31-12-17/h5-8,11-12,14-16H,9-10,13H2,1-4H3/t16-/m0/s1. The number of nitrogens with zero attached hydrogens (tertiary/aromatic N) is 7. The quantitative estimate of drug-likeness (QED) is 0.368. The Morgan fingerprint density at radius 3 is 2.65 bits per heavy atom. The molecule has 0 spiro atoms. The summed E-state index contributed by atoms with van der Waals surface area (Å²) < 4.78 is 22.4. The largest absolute Gasteiger partial charge is 0.444 e. The molecule has 11 heteroatoms. The minimum Gasteiger partial charge on any atom is -0.444 e. The number of ether oxygens (including phenoxy) is 1. The normalized spacial score (nSPS) is 16.3. The molecule has 1 atom stereocenters. The lowest BCUT2D eigenvalue weighted by Gasteiger charge is -2.41. The first kappa shape index (κ1) is 24.9. The molecule has 0 unspecified atom stereocenters. The van der Waals surface area contributed by atoms with Crippen molar-refractivity contribution >= 4 is 34.5 Å². The highest BCUT2D eigenvalue weighted by molar-refractivity contribution is 6.29. The van der Waals surface area contributed by atoms with Crippen molar-refractivity contribution in [2.24, 2.45) is 0 Å². The summed E-state index contributed by atoms with van der Waals surface area (Å²) in [6, 6.07) is 8.19. The molecular formula is C26H27ClFN7O2. The highest BCUT2D eigenvalue weighted by Crippen LogP contribution is 2.38. The van der Waals surface area contributed by atoms with Gasteiger partial charge in [-0.3, -0.25) is 4.57 Å². The van der Waals surface area contributed by atoms with Crippen LogP contribution in [-0.2, 0) is 4.74 Å². The molecule has 1 amide bonds. The van der Waals surface area contributed by atoms with Crippen LogP contribution in [0.2, 0.25) is 5.15 Å². The van der Waals surface area contributed by atoms with Gasteiger partial charge in [-0.2, -0.15) is 5.10 Å². The van der Waals surface area contributed by atoms with Crippen LogP contribution in [0.1, 0.15) is 27.7 Å². The number of benzene rings is 1. The number of anilines is 1. The van der Waals surface area contributed by atoms with E-state index in [0.29, 0.717) is 53.3 Å². The molecule has 0 aliphatic carbocycles. The summed E-state index contributed by atoms with van der Waals surface area (Å²) in [6.45, 7) is 9.02. The van der Waals surface area contributed by atoms with Gasteiger partial charge in [0.2, 0.25) is 0 Å². The number of carbonyl (C=O) groups excluding carboxylic acids is 1. The predicted octanol–water partition coefficient (Wildman–Crippen LogP) is 5.12. The minimum absolute atomic E-state index is 0.0757. The highest BCUT2D eigenvalue weighted by Gasteiger charge is 2.32. The Labute approximate surface area is 218 Å². The van der Waals surface area contributed by atoms with E-state index in [1.165, 1.54) is 12.4 Å². The Balaban J connectivity index is 1.61. The maximum absolute atomic E-state index is 15.0. The lowest BCUT2D eigenvalue weighted by Crippen LogP contribution is -2.54. The summed E-state index contributed by atoms with van der Waals surface area (Å²) in [5.74, 6) is 0.302. The van der Waals surface area contributed by atoms with Crippen LogP contribution < -0.4 is 4.90 Å². The number of carbonyl (C=O) groups is 1. The van der Waals surface area contributed by atoms with Gasteiger partial charge in [-0.05, 0) is 33.8 Å². The lowest BCUT2D eigenvalue weighted by atomic mass is 10.0. The fourth-order valence-electron chi connectivity index (χ4n) is 4.57. The average molecular weight is 524 g/mol. The number of aromatic nitrogens is 5. The summed E-state index contributed by atoms with van der Waals surface area (Å²) >= 11 is 6.12. The summed E-state index contributed by atoms with van der Waals surface area (Å²) in [5.41, 5.74) is 1.71. The van der Waals surface area contributed by atoms with Gasteiger partial charge in [-0.15, -0.1) is 5.10 Å². The molecule has 1 aliphatic rings. The van der Waals surface area contributed by atoms with E-state index < -0.39 is 5.60 Å². The first-order chi connectivity index (χ1) is 17.6. The molecule has 3 aromatic heterocycles. The predicted molar refractivity (Wildman–Crippen MR) is 139 cm³/mol. The van der Waals surface area contributed by atoms with Crippen LogP contribution in [0.15, 0.2) is 49.1 Å². The molecule has 0 N–H and O–H groups in total. The molecule has 1 aromatic carbocycles. The van der Waals surface area contributed by atoms with E-state index >= 15 is 4.39 Å². The average Bonchev–Trinajstić information content (AvgIpc) is 3.23. The molecule has 1 fully saturated rings. The summed E-state index contributed by atoms with van der Waals surface area (Å²) in [7, 11) is 0. The van der Waals surface area contributed by atoms with E-state index in [4.69, 9.17) is 16.3 Å². The van der Waals surface area contributed by atoms with Crippen molar-refractivity contribution < 1.29 is 13.9 Å². The molecule has 5 rings (SSSR count). The van der Waals surface area contributed by atoms with E-state index in [0.717, 1.165) is 0 Å². The van der Waals surface area contributed by atoms with Crippen LogP contribution in [-0.4, -0.2) is 67.0 Å². The smallest absolute Gasteiger partial charge is 0.410 e. The third-order valence-electron chi connectivity index (χ3n) is 6.17. The second kappa shape index (κ2) is 9.59. The second-order valence-electron chi connectivity index (χ2n) is 9.99. The topological polar surface area (TPSA) is 89.3 Å². The molecule has 1 aliphatic heterocycles. The molecule has 1 saturated heterocycles. The van der Waals surface area contributed by atoms with Crippen molar-refractivity contribution in [2.45, 2.75) is 39.3 Å². The van der Waals surface area contributed by atoms with Gasteiger partial charge in [0.05, 0.1) is 17.3 Å².